The van der Waals surface area contributed by atoms with Crippen LogP contribution in [0.3, 0.4) is 0 Å². The van der Waals surface area contributed by atoms with E-state index in [9.17, 15) is 0 Å². The van der Waals surface area contributed by atoms with Gasteiger partial charge in [0, 0.05) is 76.4 Å². The number of hydrogen-bond acceptors (Lipinski definition) is 18. The Morgan fingerprint density at radius 3 is 0.648 bits per heavy atom. The van der Waals surface area contributed by atoms with E-state index >= 15 is 0 Å². The normalized spacial score (nSPS) is 16.1. The standard InChI is InChI=1S/2C24H20S3.C20H26B2O4S3.C14H21BO2.C10H8S3.C9H12/c2*1-13-7-5-8-14(2)21(13)17-11-19-23(26-17)24-20(25-19)12-18(27-24)22-15(3)9-6-10-16(22)4;1-17(2)18(3,4)24-21(23-17)13-9-11-15(28-13)16-12(27-11)10-14(29-16)22-25-19(5,6)20(7,8)26-22;1-10-8-7-9-11(2)12(10)15-16-13(3,4)14(5,6)17-15;1-5-3-7-9(11-5)10-8(13-7)4-6(2)12-10;1-7-5-4-6-8(2)9(7)3/h2*5-12H,1-4H3;9-10H,1-8H3;7-9H,1-6H3;3-4H,1-2H3;4-6H,1-3H3. The summed E-state index contributed by atoms with van der Waals surface area (Å²) in [6.07, 6.45) is 0. The molecule has 0 unspecified atom stereocenters. The molecule has 0 bridgehead atoms. The van der Waals surface area contributed by atoms with Crippen LogP contribution in [0, 0.1) is 104 Å². The molecule has 15 heterocycles. The highest BCUT2D eigenvalue weighted by molar-refractivity contribution is 7.44. The highest BCUT2D eigenvalue weighted by Crippen LogP contribution is 2.53. The topological polar surface area (TPSA) is 55.4 Å². The van der Waals surface area contributed by atoms with E-state index in [1.807, 2.05) is 113 Å². The molecule has 0 saturated carbocycles. The molecule has 628 valence electrons. The van der Waals surface area contributed by atoms with Gasteiger partial charge in [-0.2, -0.15) is 0 Å². The van der Waals surface area contributed by atoms with Crippen molar-refractivity contribution in [3.8, 4) is 41.8 Å². The predicted octanol–water partition coefficient (Wildman–Crippen LogP) is 32.3. The number of aryl methyl sites for hydroxylation is 14. The van der Waals surface area contributed by atoms with Gasteiger partial charge in [-0.1, -0.05) is 120 Å². The summed E-state index contributed by atoms with van der Waals surface area (Å²) in [5.41, 5.74) is 22.5. The molecule has 0 spiro atoms. The van der Waals surface area contributed by atoms with Gasteiger partial charge >= 0.3 is 21.4 Å². The smallest absolute Gasteiger partial charge is 0.399 e. The SMILES string of the molecule is CC1(C)OB(c2cc3sc4cc(B5OC(C)(C)C(C)(C)O5)sc4c3s2)OC1(C)C.Cc1cc2sc3cc(C)sc3c2s1.Cc1cccc(C)c1-c1cc2sc3cc(-c4c(C)cccc4C)sc3c2s1.Cc1cccc(C)c1-c1cc2sc3cc(-c4c(C)cccc4C)sc3c2s1.Cc1cccc(C)c1B1OC(C)(C)C(C)(C)O1.Cc1cccc(C)c1C. The van der Waals surface area contributed by atoms with Gasteiger partial charge in [-0.25, -0.2) is 0 Å². The van der Waals surface area contributed by atoms with Gasteiger partial charge in [0.2, 0.25) is 0 Å². The summed E-state index contributed by atoms with van der Waals surface area (Å²) >= 11 is 22.8. The fraction of sp³-hybridized carbons (Fsp3) is 0.327. The van der Waals surface area contributed by atoms with Crippen LogP contribution in [0.25, 0.3) is 117 Å². The number of hydrogen-bond donors (Lipinski definition) is 0. The Morgan fingerprint density at radius 1 is 0.205 bits per heavy atom. The van der Waals surface area contributed by atoms with E-state index in [4.69, 9.17) is 27.9 Å². The summed E-state index contributed by atoms with van der Waals surface area (Å²) in [6, 6.07) is 57.6. The van der Waals surface area contributed by atoms with Gasteiger partial charge in [-0.3, -0.25) is 0 Å². The molecule has 3 aliphatic rings. The number of fused-ring (bicyclic) bond motifs is 12. The summed E-state index contributed by atoms with van der Waals surface area (Å²) in [4.78, 5) is 8.45. The van der Waals surface area contributed by atoms with E-state index in [2.05, 4.69) is 345 Å². The van der Waals surface area contributed by atoms with Gasteiger partial charge in [0.05, 0.1) is 71.2 Å². The maximum Gasteiger partial charge on any atom is 0.505 e. The van der Waals surface area contributed by atoms with Gasteiger partial charge < -0.3 is 27.9 Å². The minimum Gasteiger partial charge on any atom is -0.399 e. The van der Waals surface area contributed by atoms with Crippen molar-refractivity contribution in [1.82, 2.24) is 0 Å². The van der Waals surface area contributed by atoms with Crippen molar-refractivity contribution in [3.05, 3.63) is 240 Å². The fourth-order valence-corrected chi connectivity index (χ4v) is 32.7. The Kier molecular flexibility index (Phi) is 24.9. The maximum absolute atomic E-state index is 6.25. The molecule has 0 atom stereocenters. The fourth-order valence-electron chi connectivity index (χ4n) is 16.1. The van der Waals surface area contributed by atoms with Gasteiger partial charge in [0.1, 0.15) is 0 Å². The number of thiophene rings is 12. The third kappa shape index (κ3) is 17.1. The summed E-state index contributed by atoms with van der Waals surface area (Å²) in [5.74, 6) is 0. The van der Waals surface area contributed by atoms with Crippen LogP contribution in [0.2, 0.25) is 0 Å². The van der Waals surface area contributed by atoms with Crippen molar-refractivity contribution in [1.29, 1.82) is 0 Å². The first-order chi connectivity index (χ1) is 57.5. The van der Waals surface area contributed by atoms with Gasteiger partial charge in [0.25, 0.3) is 0 Å². The van der Waals surface area contributed by atoms with Gasteiger partial charge in [0.15, 0.2) is 0 Å². The summed E-state index contributed by atoms with van der Waals surface area (Å²) in [6.45, 7) is 57.9. The Labute approximate surface area is 769 Å². The van der Waals surface area contributed by atoms with Gasteiger partial charge in [-0.15, -0.1) is 136 Å². The lowest BCUT2D eigenvalue weighted by atomic mass is 9.73. The van der Waals surface area contributed by atoms with E-state index < -0.39 is 0 Å². The minimum absolute atomic E-state index is 0.249. The average Bonchev–Trinajstić information content (AvgIpc) is 1.59. The lowest BCUT2D eigenvalue weighted by molar-refractivity contribution is 0.00578. The zero-order valence-corrected chi connectivity index (χ0v) is 84.9. The quantitative estimate of drug-likeness (QED) is 0.148. The molecule has 0 N–H and O–H groups in total. The molecule has 6 nitrogen and oxygen atoms in total. The van der Waals surface area contributed by atoms with Crippen LogP contribution >= 0.6 is 136 Å². The molecule has 3 fully saturated rings. The Hall–Kier alpha value is -6.25. The van der Waals surface area contributed by atoms with Crippen molar-refractivity contribution in [3.63, 3.8) is 0 Å². The van der Waals surface area contributed by atoms with Crippen LogP contribution < -0.4 is 15.0 Å². The van der Waals surface area contributed by atoms with Crippen LogP contribution in [0.5, 0.6) is 0 Å². The second kappa shape index (κ2) is 34.1. The molecule has 21 rings (SSSR count). The van der Waals surface area contributed by atoms with Crippen LogP contribution in [0.1, 0.15) is 165 Å². The average molecular weight is 1830 g/mol. The largest absolute Gasteiger partial charge is 0.505 e. The Bertz CT molecular complexity index is 6280. The van der Waals surface area contributed by atoms with Crippen molar-refractivity contribution < 1.29 is 27.9 Å². The molecule has 0 radical (unpaired) electrons. The van der Waals surface area contributed by atoms with E-state index in [-0.39, 0.29) is 55.0 Å². The minimum atomic E-state index is -0.322. The molecule has 0 amide bonds. The zero-order chi connectivity index (χ0) is 87.1. The molecule has 0 aliphatic carbocycles. The van der Waals surface area contributed by atoms with E-state index in [1.54, 1.807) is 22.7 Å². The summed E-state index contributed by atoms with van der Waals surface area (Å²) in [5, 5.41) is 0. The molecular formula is C101H107B3O6S12. The molecule has 3 saturated heterocycles. The van der Waals surface area contributed by atoms with Gasteiger partial charge in [-0.05, 0) is 324 Å². The molecule has 122 heavy (non-hydrogen) atoms. The van der Waals surface area contributed by atoms with Crippen LogP contribution in [-0.2, 0) is 27.9 Å². The van der Waals surface area contributed by atoms with E-state index in [0.717, 1.165) is 9.55 Å². The Balaban J connectivity index is 0.000000113. The first kappa shape index (κ1) is 89.2. The zero-order valence-electron chi connectivity index (χ0n) is 75.1. The molecule has 3 aliphatic heterocycles. The summed E-state index contributed by atoms with van der Waals surface area (Å²) in [7, 11) is -0.856. The van der Waals surface area contributed by atoms with Crippen molar-refractivity contribution in [2.45, 2.75) is 221 Å². The predicted molar refractivity (Wildman–Crippen MR) is 553 cm³/mol. The van der Waals surface area contributed by atoms with E-state index in [0.29, 0.717) is 0 Å². The lowest BCUT2D eigenvalue weighted by Crippen LogP contribution is -2.41. The monoisotopic (exact) mass is 1830 g/mol. The highest BCUT2D eigenvalue weighted by atomic mass is 32.1. The van der Waals surface area contributed by atoms with Crippen molar-refractivity contribution in [2.75, 3.05) is 0 Å². The molecule has 6 aromatic carbocycles. The number of benzene rings is 6. The second-order valence-corrected chi connectivity index (χ2v) is 49.3. The Morgan fingerprint density at radius 2 is 0.402 bits per heavy atom. The molecular weight excluding hydrogens is 1730 g/mol. The maximum atomic E-state index is 6.25. The molecule has 12 aromatic heterocycles. The van der Waals surface area contributed by atoms with Crippen molar-refractivity contribution >= 4 is 248 Å². The third-order valence-electron chi connectivity index (χ3n) is 25.4. The first-order valence-corrected chi connectivity index (χ1v) is 51.5. The lowest BCUT2D eigenvalue weighted by Gasteiger charge is -2.32. The molecule has 18 aromatic rings. The first-order valence-electron chi connectivity index (χ1n) is 41.7. The van der Waals surface area contributed by atoms with Crippen LogP contribution in [0.4, 0.5) is 0 Å². The second-order valence-electron chi connectivity index (χ2n) is 36.1. The molecule has 21 heteroatoms. The van der Waals surface area contributed by atoms with Crippen LogP contribution in [0.15, 0.2) is 158 Å². The van der Waals surface area contributed by atoms with Crippen LogP contribution in [-0.4, -0.2) is 55.0 Å². The van der Waals surface area contributed by atoms with E-state index in [1.165, 1.54) is 205 Å². The van der Waals surface area contributed by atoms with Crippen molar-refractivity contribution in [2.24, 2.45) is 0 Å². The summed E-state index contributed by atoms with van der Waals surface area (Å²) < 4.78 is 62.1. The number of rotatable bonds is 7. The highest BCUT2D eigenvalue weighted by Gasteiger charge is 2.55. The third-order valence-corrected chi connectivity index (χ3v) is 40.4.